The van der Waals surface area contributed by atoms with Gasteiger partial charge in [-0.15, -0.1) is 0 Å². The molecule has 2 aromatic carbocycles. The Morgan fingerprint density at radius 2 is 1.86 bits per heavy atom. The van der Waals surface area contributed by atoms with Crippen LogP contribution in [0.2, 0.25) is 5.02 Å². The molecule has 0 saturated heterocycles. The molecule has 1 aliphatic rings. The van der Waals surface area contributed by atoms with Crippen molar-refractivity contribution >= 4 is 50.4 Å². The summed E-state index contributed by atoms with van der Waals surface area (Å²) in [5.41, 5.74) is 1.53. The van der Waals surface area contributed by atoms with Gasteiger partial charge in [-0.25, -0.2) is 27.6 Å². The molecule has 1 aliphatic carbocycles. The molecule has 11 nitrogen and oxygen atoms in total. The summed E-state index contributed by atoms with van der Waals surface area (Å²) in [5, 5.41) is 13.2. The third kappa shape index (κ3) is 6.16. The highest BCUT2D eigenvalue weighted by molar-refractivity contribution is 7.92. The standard InChI is InChI=1S/C28H28ClFN6O5S/c1-36(28(37)38)19-10-8-18(9-11-19)32-27-31-15-17-13-16(7-12-23(17)33-27)20-14-22(30)25(34-26(20)41-2)35-42(39,40)24-6-4-3-5-21(24)29/h3-7,12-15,18-19H,8-11H2,1-2H3,(H,34,35)(H,37,38)(H,31,32,33). The number of pyridine rings is 1. The van der Waals surface area contributed by atoms with E-state index in [0.717, 1.165) is 31.7 Å². The number of nitrogens with one attached hydrogen (secondary N) is 2. The van der Waals surface area contributed by atoms with Crippen LogP contribution in [0, 0.1) is 5.82 Å². The van der Waals surface area contributed by atoms with Crippen molar-refractivity contribution in [1.29, 1.82) is 0 Å². The van der Waals surface area contributed by atoms with Crippen molar-refractivity contribution < 1.29 is 27.4 Å². The molecule has 1 saturated carbocycles. The number of ether oxygens (including phenoxy) is 1. The van der Waals surface area contributed by atoms with Crippen LogP contribution < -0.4 is 14.8 Å². The molecule has 0 unspecified atom stereocenters. The van der Waals surface area contributed by atoms with Gasteiger partial charge in [0.2, 0.25) is 11.8 Å². The average molecular weight is 615 g/mol. The second-order valence-electron chi connectivity index (χ2n) is 9.92. The Kier molecular flexibility index (Phi) is 8.32. The van der Waals surface area contributed by atoms with Crippen LogP contribution in [0.25, 0.3) is 22.0 Å². The maximum absolute atomic E-state index is 15.2. The van der Waals surface area contributed by atoms with Crippen LogP contribution in [0.1, 0.15) is 25.7 Å². The van der Waals surface area contributed by atoms with Crippen molar-refractivity contribution in [3.05, 3.63) is 65.6 Å². The van der Waals surface area contributed by atoms with Gasteiger partial charge in [-0.3, -0.25) is 4.72 Å². The smallest absolute Gasteiger partial charge is 0.407 e. The van der Waals surface area contributed by atoms with Crippen LogP contribution in [-0.4, -0.2) is 65.7 Å². The van der Waals surface area contributed by atoms with Gasteiger partial charge in [0, 0.05) is 36.3 Å². The maximum Gasteiger partial charge on any atom is 0.407 e. The van der Waals surface area contributed by atoms with Crippen molar-refractivity contribution in [2.24, 2.45) is 0 Å². The van der Waals surface area contributed by atoms with Crippen molar-refractivity contribution in [2.75, 3.05) is 24.2 Å². The van der Waals surface area contributed by atoms with Gasteiger partial charge in [0.1, 0.15) is 4.90 Å². The average Bonchev–Trinajstić information content (AvgIpc) is 2.97. The summed E-state index contributed by atoms with van der Waals surface area (Å²) in [6, 6.07) is 12.4. The van der Waals surface area contributed by atoms with Crippen LogP contribution in [0.5, 0.6) is 5.88 Å². The quantitative estimate of drug-likeness (QED) is 0.230. The van der Waals surface area contributed by atoms with Gasteiger partial charge in [0.05, 0.1) is 17.6 Å². The molecule has 42 heavy (non-hydrogen) atoms. The Morgan fingerprint density at radius 1 is 1.12 bits per heavy atom. The number of amides is 1. The van der Waals surface area contributed by atoms with Crippen molar-refractivity contribution in [3.63, 3.8) is 0 Å². The molecule has 0 aliphatic heterocycles. The minimum atomic E-state index is -4.21. The fourth-order valence-corrected chi connectivity index (χ4v) is 6.50. The Morgan fingerprint density at radius 3 is 2.55 bits per heavy atom. The third-order valence-electron chi connectivity index (χ3n) is 7.26. The summed E-state index contributed by atoms with van der Waals surface area (Å²) in [7, 11) is -1.26. The monoisotopic (exact) mass is 614 g/mol. The van der Waals surface area contributed by atoms with E-state index in [1.165, 1.54) is 30.2 Å². The summed E-state index contributed by atoms with van der Waals surface area (Å²) in [6.07, 6.45) is 3.83. The van der Waals surface area contributed by atoms with Gasteiger partial charge in [-0.05, 0) is 61.6 Å². The second-order valence-corrected chi connectivity index (χ2v) is 12.0. The maximum atomic E-state index is 15.2. The third-order valence-corrected chi connectivity index (χ3v) is 9.10. The minimum absolute atomic E-state index is 0.00409. The summed E-state index contributed by atoms with van der Waals surface area (Å²) in [5.74, 6) is -0.956. The zero-order valence-corrected chi connectivity index (χ0v) is 24.3. The van der Waals surface area contributed by atoms with E-state index >= 15 is 4.39 Å². The summed E-state index contributed by atoms with van der Waals surface area (Å²) in [4.78, 5) is 25.5. The lowest BCUT2D eigenvalue weighted by Crippen LogP contribution is -2.41. The number of hydrogen-bond acceptors (Lipinski definition) is 8. The molecule has 220 valence electrons. The molecule has 0 bridgehead atoms. The predicted octanol–water partition coefficient (Wildman–Crippen LogP) is 5.63. The number of aromatic nitrogens is 3. The van der Waals surface area contributed by atoms with Crippen LogP contribution >= 0.6 is 11.6 Å². The number of rotatable bonds is 8. The first kappa shape index (κ1) is 29.3. The highest BCUT2D eigenvalue weighted by Gasteiger charge is 2.27. The van der Waals surface area contributed by atoms with Crippen LogP contribution in [0.4, 0.5) is 21.0 Å². The fourth-order valence-electron chi connectivity index (χ4n) is 4.97. The molecule has 0 atom stereocenters. The molecule has 2 aromatic heterocycles. The largest absolute Gasteiger partial charge is 0.480 e. The van der Waals surface area contributed by atoms with Crippen LogP contribution in [0.3, 0.4) is 0 Å². The SMILES string of the molecule is COc1nc(NS(=O)(=O)c2ccccc2Cl)c(F)cc1-c1ccc2nc(NC3CCC(N(C)C(=O)O)CC3)ncc2c1. The molecule has 5 rings (SSSR count). The first-order chi connectivity index (χ1) is 20.1. The van der Waals surface area contributed by atoms with Crippen molar-refractivity contribution in [3.8, 4) is 17.0 Å². The number of benzene rings is 2. The molecule has 0 radical (unpaired) electrons. The van der Waals surface area contributed by atoms with Crippen molar-refractivity contribution in [1.82, 2.24) is 19.9 Å². The molecular formula is C28H28ClFN6O5S. The Balaban J connectivity index is 1.34. The fraction of sp³-hybridized carbons (Fsp3) is 0.286. The first-order valence-electron chi connectivity index (χ1n) is 13.1. The number of methoxy groups -OCH3 is 1. The summed E-state index contributed by atoms with van der Waals surface area (Å²) in [6.45, 7) is 0. The number of carbonyl (C=O) groups is 1. The zero-order chi connectivity index (χ0) is 30.0. The van der Waals surface area contributed by atoms with Gasteiger partial charge < -0.3 is 20.1 Å². The zero-order valence-electron chi connectivity index (χ0n) is 22.7. The number of anilines is 2. The number of carboxylic acid groups (broad SMARTS) is 1. The number of nitrogens with zero attached hydrogens (tertiary/aromatic N) is 4. The van der Waals surface area contributed by atoms with Gasteiger partial charge in [0.15, 0.2) is 11.6 Å². The molecule has 1 amide bonds. The minimum Gasteiger partial charge on any atom is -0.480 e. The predicted molar refractivity (Wildman–Crippen MR) is 157 cm³/mol. The normalized spacial score (nSPS) is 17.0. The number of fused-ring (bicyclic) bond motifs is 1. The van der Waals surface area contributed by atoms with E-state index in [9.17, 15) is 18.3 Å². The number of hydrogen-bond donors (Lipinski definition) is 3. The van der Waals surface area contributed by atoms with E-state index in [1.807, 2.05) is 0 Å². The lowest BCUT2D eigenvalue weighted by atomic mass is 9.90. The lowest BCUT2D eigenvalue weighted by Gasteiger charge is -2.33. The molecule has 4 aromatic rings. The van der Waals surface area contributed by atoms with Crippen molar-refractivity contribution in [2.45, 2.75) is 42.7 Å². The molecule has 1 fully saturated rings. The van der Waals surface area contributed by atoms with E-state index in [1.54, 1.807) is 37.5 Å². The molecule has 0 spiro atoms. The highest BCUT2D eigenvalue weighted by Crippen LogP contribution is 2.34. The van der Waals surface area contributed by atoms with Gasteiger partial charge in [-0.2, -0.15) is 4.98 Å². The van der Waals surface area contributed by atoms with Crippen LogP contribution in [-0.2, 0) is 10.0 Å². The summed E-state index contributed by atoms with van der Waals surface area (Å²) >= 11 is 6.02. The molecule has 14 heteroatoms. The molecule has 3 N–H and O–H groups in total. The number of sulfonamides is 1. The Bertz CT molecular complexity index is 1750. The Hall–Kier alpha value is -4.23. The van der Waals surface area contributed by atoms with Gasteiger partial charge in [0.25, 0.3) is 10.0 Å². The van der Waals surface area contributed by atoms with E-state index in [0.29, 0.717) is 28.0 Å². The van der Waals surface area contributed by atoms with Crippen LogP contribution in [0.15, 0.2) is 59.6 Å². The van der Waals surface area contributed by atoms with Gasteiger partial charge >= 0.3 is 6.09 Å². The van der Waals surface area contributed by atoms with E-state index in [-0.39, 0.29) is 27.9 Å². The van der Waals surface area contributed by atoms with Gasteiger partial charge in [-0.1, -0.05) is 29.8 Å². The van der Waals surface area contributed by atoms with E-state index in [4.69, 9.17) is 16.3 Å². The summed E-state index contributed by atoms with van der Waals surface area (Å²) < 4.78 is 48.3. The second kappa shape index (κ2) is 11.9. The topological polar surface area (TPSA) is 147 Å². The highest BCUT2D eigenvalue weighted by atomic mass is 35.5. The molecular weight excluding hydrogens is 587 g/mol. The Labute approximate surface area is 246 Å². The van der Waals surface area contributed by atoms with E-state index in [2.05, 4.69) is 25.0 Å². The molecule has 2 heterocycles. The lowest BCUT2D eigenvalue weighted by molar-refractivity contribution is 0.125. The van der Waals surface area contributed by atoms with E-state index < -0.39 is 27.8 Å². The first-order valence-corrected chi connectivity index (χ1v) is 14.9. The number of halogens is 2.